The summed E-state index contributed by atoms with van der Waals surface area (Å²) in [4.78, 5) is 36.7. The van der Waals surface area contributed by atoms with E-state index in [0.717, 1.165) is 52.6 Å². The van der Waals surface area contributed by atoms with Gasteiger partial charge < -0.3 is 10.2 Å². The Kier molecular flexibility index (Phi) is 7.49. The van der Waals surface area contributed by atoms with Crippen LogP contribution in [0, 0.1) is 0 Å². The molecule has 0 bridgehead atoms. The van der Waals surface area contributed by atoms with E-state index in [1.165, 1.54) is 11.3 Å². The number of carbonyl (C=O) groups excluding carboxylic acids is 1. The number of pyridine rings is 2. The number of carbonyl (C=O) groups is 1. The van der Waals surface area contributed by atoms with Crippen LogP contribution in [0.5, 0.6) is 0 Å². The molecule has 0 aliphatic rings. The fourth-order valence-electron chi connectivity index (χ4n) is 3.82. The maximum atomic E-state index is 12.4. The number of aromatic nitrogens is 5. The van der Waals surface area contributed by atoms with E-state index in [4.69, 9.17) is 0 Å². The molecule has 0 aromatic carbocycles. The van der Waals surface area contributed by atoms with Crippen molar-refractivity contribution in [3.8, 4) is 21.1 Å². The number of likely N-dealkylation sites (N-methyl/N-ethyl adjacent to an activating group) is 1. The van der Waals surface area contributed by atoms with Crippen molar-refractivity contribution in [2.75, 3.05) is 26.2 Å². The normalized spacial score (nSPS) is 11.4. The summed E-state index contributed by atoms with van der Waals surface area (Å²) in [6.07, 6.45) is 4.31. The van der Waals surface area contributed by atoms with E-state index in [0.29, 0.717) is 24.4 Å². The smallest absolute Gasteiger partial charge is 0.269 e. The van der Waals surface area contributed by atoms with Gasteiger partial charge in [-0.3, -0.25) is 24.2 Å². The zero-order valence-electron chi connectivity index (χ0n) is 19.7. The zero-order valence-corrected chi connectivity index (χ0v) is 20.5. The molecule has 0 aliphatic carbocycles. The van der Waals surface area contributed by atoms with Crippen molar-refractivity contribution in [3.63, 3.8) is 0 Å². The topological polar surface area (TPSA) is 109 Å². The second kappa shape index (κ2) is 10.7. The van der Waals surface area contributed by atoms with Crippen molar-refractivity contribution in [1.82, 2.24) is 34.9 Å². The first-order valence-electron chi connectivity index (χ1n) is 11.6. The molecule has 0 atom stereocenters. The molecule has 10 heteroatoms. The second-order valence-corrected chi connectivity index (χ2v) is 8.93. The lowest BCUT2D eigenvalue weighted by Gasteiger charge is -2.17. The Morgan fingerprint density at radius 2 is 1.94 bits per heavy atom. The number of amides is 1. The van der Waals surface area contributed by atoms with Crippen LogP contribution in [0.2, 0.25) is 0 Å². The number of aryl methyl sites for hydroxylation is 1. The average molecular weight is 480 g/mol. The predicted molar refractivity (Wildman–Crippen MR) is 135 cm³/mol. The van der Waals surface area contributed by atoms with Gasteiger partial charge in [-0.1, -0.05) is 20.8 Å². The van der Waals surface area contributed by atoms with Crippen LogP contribution >= 0.6 is 11.3 Å². The van der Waals surface area contributed by atoms with E-state index in [1.807, 2.05) is 13.0 Å². The van der Waals surface area contributed by atoms with Crippen LogP contribution in [0.25, 0.3) is 32.2 Å². The maximum absolute atomic E-state index is 12.4. The molecule has 4 rings (SSSR count). The third-order valence-corrected chi connectivity index (χ3v) is 6.81. The van der Waals surface area contributed by atoms with Gasteiger partial charge >= 0.3 is 0 Å². The van der Waals surface area contributed by atoms with E-state index >= 15 is 0 Å². The number of nitrogens with one attached hydrogen (secondary N) is 2. The summed E-state index contributed by atoms with van der Waals surface area (Å²) in [5, 5.41) is 12.1. The highest BCUT2D eigenvalue weighted by atomic mass is 32.1. The van der Waals surface area contributed by atoms with Gasteiger partial charge in [0.25, 0.3) is 11.5 Å². The van der Waals surface area contributed by atoms with Gasteiger partial charge in [0.2, 0.25) is 0 Å². The molecule has 0 spiro atoms. The Balaban J connectivity index is 1.49. The summed E-state index contributed by atoms with van der Waals surface area (Å²) in [5.41, 5.74) is 2.65. The highest BCUT2D eigenvalue weighted by Gasteiger charge is 2.16. The van der Waals surface area contributed by atoms with Crippen molar-refractivity contribution in [2.24, 2.45) is 0 Å². The molecule has 0 radical (unpaired) electrons. The standard InChI is InChI=1S/C24H29N7O2S/c1-4-12-31-20(32)10-8-17-21(28-29-22(17)31)19-15-27-24(34-19)16-7-9-18(26-14-16)23(33)25-11-13-30(5-2)6-3/h7-10,14-15H,4-6,11-13H2,1-3H3,(H,25,33)(H,28,29). The molecule has 4 aromatic rings. The largest absolute Gasteiger partial charge is 0.349 e. The minimum absolute atomic E-state index is 0.0550. The fraction of sp³-hybridized carbons (Fsp3) is 0.375. The van der Waals surface area contributed by atoms with E-state index in [2.05, 4.69) is 44.2 Å². The van der Waals surface area contributed by atoms with Gasteiger partial charge in [-0.25, -0.2) is 4.98 Å². The van der Waals surface area contributed by atoms with Gasteiger partial charge in [-0.05, 0) is 37.7 Å². The number of fused-ring (bicyclic) bond motifs is 1. The van der Waals surface area contributed by atoms with Crippen LogP contribution in [0.3, 0.4) is 0 Å². The third kappa shape index (κ3) is 4.92. The van der Waals surface area contributed by atoms with Crippen LogP contribution < -0.4 is 10.9 Å². The Bertz CT molecular complexity index is 1320. The van der Waals surface area contributed by atoms with E-state index in [-0.39, 0.29) is 11.5 Å². The Hall–Kier alpha value is -3.37. The minimum Gasteiger partial charge on any atom is -0.349 e. The van der Waals surface area contributed by atoms with Crippen molar-refractivity contribution in [1.29, 1.82) is 0 Å². The van der Waals surface area contributed by atoms with Crippen molar-refractivity contribution < 1.29 is 4.79 Å². The average Bonchev–Trinajstić information content (AvgIpc) is 3.51. The summed E-state index contributed by atoms with van der Waals surface area (Å²) < 4.78 is 1.69. The number of rotatable bonds is 10. The molecule has 34 heavy (non-hydrogen) atoms. The van der Waals surface area contributed by atoms with Gasteiger partial charge in [0.15, 0.2) is 5.65 Å². The molecule has 0 aliphatic heterocycles. The van der Waals surface area contributed by atoms with E-state index in [9.17, 15) is 9.59 Å². The summed E-state index contributed by atoms with van der Waals surface area (Å²) in [7, 11) is 0. The van der Waals surface area contributed by atoms with Gasteiger partial charge in [-0.2, -0.15) is 5.10 Å². The number of aromatic amines is 1. The number of nitrogens with zero attached hydrogens (tertiary/aromatic N) is 5. The molecule has 0 saturated carbocycles. The second-order valence-electron chi connectivity index (χ2n) is 7.90. The predicted octanol–water partition coefficient (Wildman–Crippen LogP) is 3.39. The van der Waals surface area contributed by atoms with Gasteiger partial charge in [-0.15, -0.1) is 11.3 Å². The summed E-state index contributed by atoms with van der Waals surface area (Å²) >= 11 is 1.50. The SMILES string of the molecule is CCCn1c(=O)ccc2c(-c3cnc(-c4ccc(C(=O)NCCN(CC)CC)nc4)s3)[nH]nc21. The monoisotopic (exact) mass is 479 g/mol. The lowest BCUT2D eigenvalue weighted by molar-refractivity contribution is 0.0944. The maximum Gasteiger partial charge on any atom is 0.269 e. The molecular formula is C24H29N7O2S. The van der Waals surface area contributed by atoms with Gasteiger partial charge in [0.05, 0.1) is 10.6 Å². The number of thiazole rings is 1. The van der Waals surface area contributed by atoms with Crippen molar-refractivity contribution in [2.45, 2.75) is 33.7 Å². The first-order valence-corrected chi connectivity index (χ1v) is 12.4. The highest BCUT2D eigenvalue weighted by molar-refractivity contribution is 7.18. The first kappa shape index (κ1) is 23.8. The quantitative estimate of drug-likeness (QED) is 0.361. The lowest BCUT2D eigenvalue weighted by atomic mass is 10.2. The number of H-pyrrole nitrogens is 1. The fourth-order valence-corrected chi connectivity index (χ4v) is 4.73. The molecule has 4 aromatic heterocycles. The first-order chi connectivity index (χ1) is 16.5. The van der Waals surface area contributed by atoms with Crippen molar-refractivity contribution >= 4 is 28.3 Å². The Morgan fingerprint density at radius 1 is 1.12 bits per heavy atom. The minimum atomic E-state index is -0.180. The molecule has 1 amide bonds. The molecule has 0 fully saturated rings. The van der Waals surface area contributed by atoms with Gasteiger partial charge in [0, 0.05) is 49.0 Å². The number of hydrogen-bond acceptors (Lipinski definition) is 7. The highest BCUT2D eigenvalue weighted by Crippen LogP contribution is 2.34. The Morgan fingerprint density at radius 3 is 2.65 bits per heavy atom. The molecule has 4 heterocycles. The Labute approximate surface area is 201 Å². The van der Waals surface area contributed by atoms with Crippen LogP contribution in [0.4, 0.5) is 0 Å². The van der Waals surface area contributed by atoms with Gasteiger partial charge in [0.1, 0.15) is 10.7 Å². The van der Waals surface area contributed by atoms with Crippen LogP contribution in [-0.4, -0.2) is 61.7 Å². The number of hydrogen-bond donors (Lipinski definition) is 2. The summed E-state index contributed by atoms with van der Waals surface area (Å²) in [6.45, 7) is 10.2. The van der Waals surface area contributed by atoms with Crippen LogP contribution in [0.15, 0.2) is 41.5 Å². The lowest BCUT2D eigenvalue weighted by Crippen LogP contribution is -2.35. The molecule has 178 valence electrons. The molecule has 2 N–H and O–H groups in total. The van der Waals surface area contributed by atoms with E-state index in [1.54, 1.807) is 35.2 Å². The van der Waals surface area contributed by atoms with E-state index < -0.39 is 0 Å². The van der Waals surface area contributed by atoms with Crippen LogP contribution in [0.1, 0.15) is 37.7 Å². The summed E-state index contributed by atoms with van der Waals surface area (Å²) in [5.74, 6) is -0.180. The molecular weight excluding hydrogens is 450 g/mol. The van der Waals surface area contributed by atoms with Crippen molar-refractivity contribution in [3.05, 3.63) is 52.7 Å². The molecule has 0 saturated heterocycles. The van der Waals surface area contributed by atoms with Crippen LogP contribution in [-0.2, 0) is 6.54 Å². The molecule has 0 unspecified atom stereocenters. The zero-order chi connectivity index (χ0) is 24.1. The summed E-state index contributed by atoms with van der Waals surface area (Å²) in [6, 6.07) is 6.96. The third-order valence-electron chi connectivity index (χ3n) is 5.75. The molecule has 9 nitrogen and oxygen atoms in total.